The Labute approximate surface area is 124 Å². The monoisotopic (exact) mass is 285 g/mol. The van der Waals surface area contributed by atoms with Crippen molar-refractivity contribution in [3.8, 4) is 6.07 Å². The molecule has 1 heterocycles. The van der Waals surface area contributed by atoms with E-state index >= 15 is 0 Å². The molecule has 0 spiro atoms. The van der Waals surface area contributed by atoms with Crippen LogP contribution in [0.4, 0.5) is 0 Å². The zero-order valence-corrected chi connectivity index (χ0v) is 12.4. The van der Waals surface area contributed by atoms with Crippen molar-refractivity contribution in [2.24, 2.45) is 0 Å². The van der Waals surface area contributed by atoms with E-state index in [1.807, 2.05) is 28.8 Å². The molecule has 1 atom stereocenters. The molecule has 1 unspecified atom stereocenters. The minimum atomic E-state index is -0.425. The van der Waals surface area contributed by atoms with E-state index in [1.165, 1.54) is 7.11 Å². The highest BCUT2D eigenvalue weighted by Gasteiger charge is 2.25. The summed E-state index contributed by atoms with van der Waals surface area (Å²) in [6.07, 6.45) is 2.77. The van der Waals surface area contributed by atoms with Gasteiger partial charge in [0.05, 0.1) is 30.6 Å². The molecule has 0 saturated carbocycles. The van der Waals surface area contributed by atoms with Crippen LogP contribution in [0.2, 0.25) is 0 Å². The molecule has 0 aliphatic heterocycles. The molecule has 0 aliphatic rings. The Morgan fingerprint density at radius 2 is 2.24 bits per heavy atom. The highest BCUT2D eigenvalue weighted by Crippen LogP contribution is 2.26. The maximum absolute atomic E-state index is 12.2. The van der Waals surface area contributed by atoms with Gasteiger partial charge in [-0.3, -0.25) is 0 Å². The number of esters is 1. The minimum absolute atomic E-state index is 0.175. The van der Waals surface area contributed by atoms with Crippen LogP contribution in [0.5, 0.6) is 0 Å². The second-order valence-electron chi connectivity index (χ2n) is 4.90. The number of hydrogen-bond acceptors (Lipinski definition) is 4. The van der Waals surface area contributed by atoms with E-state index in [2.05, 4.69) is 18.0 Å². The summed E-state index contributed by atoms with van der Waals surface area (Å²) in [5.41, 5.74) is 1.67. The quantitative estimate of drug-likeness (QED) is 0.765. The van der Waals surface area contributed by atoms with Gasteiger partial charge in [0.1, 0.15) is 11.9 Å². The number of nitrogens with zero attached hydrogens (tertiary/aromatic N) is 3. The molecule has 0 bridgehead atoms. The van der Waals surface area contributed by atoms with Crippen molar-refractivity contribution in [2.75, 3.05) is 7.11 Å². The van der Waals surface area contributed by atoms with Crippen LogP contribution in [0, 0.1) is 11.3 Å². The SMILES string of the molecule is CCCCC(C(=O)OC)n1c(CC#N)nc2ccccc21. The Morgan fingerprint density at radius 3 is 2.90 bits per heavy atom. The predicted molar refractivity (Wildman–Crippen MR) is 79.6 cm³/mol. The summed E-state index contributed by atoms with van der Waals surface area (Å²) >= 11 is 0. The third-order valence-corrected chi connectivity index (χ3v) is 3.52. The molecule has 1 aromatic carbocycles. The van der Waals surface area contributed by atoms with E-state index in [-0.39, 0.29) is 12.4 Å². The van der Waals surface area contributed by atoms with E-state index in [0.717, 1.165) is 23.9 Å². The molecular weight excluding hydrogens is 266 g/mol. The first kappa shape index (κ1) is 15.0. The number of unbranched alkanes of at least 4 members (excludes halogenated alkanes) is 1. The van der Waals surface area contributed by atoms with Crippen molar-refractivity contribution in [1.82, 2.24) is 9.55 Å². The summed E-state index contributed by atoms with van der Waals surface area (Å²) in [5, 5.41) is 9.00. The number of benzene rings is 1. The van der Waals surface area contributed by atoms with Crippen molar-refractivity contribution in [1.29, 1.82) is 5.26 Å². The van der Waals surface area contributed by atoms with Crippen LogP contribution >= 0.6 is 0 Å². The second kappa shape index (κ2) is 6.89. The fraction of sp³-hybridized carbons (Fsp3) is 0.438. The average molecular weight is 285 g/mol. The molecule has 2 rings (SSSR count). The first-order chi connectivity index (χ1) is 10.2. The Hall–Kier alpha value is -2.35. The lowest BCUT2D eigenvalue weighted by atomic mass is 10.1. The Morgan fingerprint density at radius 1 is 1.48 bits per heavy atom. The number of para-hydroxylation sites is 2. The lowest BCUT2D eigenvalue weighted by Gasteiger charge is -2.19. The van der Waals surface area contributed by atoms with E-state index < -0.39 is 6.04 Å². The highest BCUT2D eigenvalue weighted by molar-refractivity contribution is 5.81. The summed E-state index contributed by atoms with van der Waals surface area (Å²) in [5.74, 6) is 0.330. The third kappa shape index (κ3) is 3.05. The number of fused-ring (bicyclic) bond motifs is 1. The highest BCUT2D eigenvalue weighted by atomic mass is 16.5. The summed E-state index contributed by atoms with van der Waals surface area (Å²) in [6.45, 7) is 2.08. The Kier molecular flexibility index (Phi) is 4.94. The molecular formula is C16H19N3O2. The lowest BCUT2D eigenvalue weighted by Crippen LogP contribution is -2.22. The predicted octanol–water partition coefficient (Wildman–Crippen LogP) is 3.01. The van der Waals surface area contributed by atoms with Gasteiger partial charge in [-0.1, -0.05) is 31.9 Å². The number of aromatic nitrogens is 2. The van der Waals surface area contributed by atoms with Gasteiger partial charge in [0, 0.05) is 0 Å². The van der Waals surface area contributed by atoms with Gasteiger partial charge in [0.2, 0.25) is 0 Å². The fourth-order valence-electron chi connectivity index (χ4n) is 2.52. The van der Waals surface area contributed by atoms with Crippen LogP contribution in [-0.4, -0.2) is 22.6 Å². The number of methoxy groups -OCH3 is 1. The van der Waals surface area contributed by atoms with Gasteiger partial charge >= 0.3 is 5.97 Å². The second-order valence-corrected chi connectivity index (χ2v) is 4.90. The van der Waals surface area contributed by atoms with E-state index in [9.17, 15) is 4.79 Å². The van der Waals surface area contributed by atoms with Gasteiger partial charge in [-0.05, 0) is 18.6 Å². The van der Waals surface area contributed by atoms with Crippen molar-refractivity contribution in [3.63, 3.8) is 0 Å². The van der Waals surface area contributed by atoms with Crippen molar-refractivity contribution in [3.05, 3.63) is 30.1 Å². The molecule has 0 aliphatic carbocycles. The molecule has 0 amide bonds. The zero-order chi connectivity index (χ0) is 15.2. The number of carbonyl (C=O) groups is 1. The van der Waals surface area contributed by atoms with E-state index in [1.54, 1.807) is 0 Å². The average Bonchev–Trinajstić information content (AvgIpc) is 2.86. The number of imidazole rings is 1. The van der Waals surface area contributed by atoms with Gasteiger partial charge in [-0.25, -0.2) is 9.78 Å². The number of carbonyl (C=O) groups excluding carboxylic acids is 1. The van der Waals surface area contributed by atoms with Gasteiger partial charge in [-0.15, -0.1) is 0 Å². The van der Waals surface area contributed by atoms with Crippen molar-refractivity contribution in [2.45, 2.75) is 38.6 Å². The van der Waals surface area contributed by atoms with Crippen LogP contribution in [-0.2, 0) is 16.0 Å². The molecule has 0 radical (unpaired) electrons. The molecule has 5 nitrogen and oxygen atoms in total. The van der Waals surface area contributed by atoms with Gasteiger partial charge < -0.3 is 9.30 Å². The maximum atomic E-state index is 12.2. The van der Waals surface area contributed by atoms with Gasteiger partial charge in [0.25, 0.3) is 0 Å². The topological polar surface area (TPSA) is 67.9 Å². The number of rotatable bonds is 6. The standard InChI is InChI=1S/C16H19N3O2/c1-3-4-8-14(16(20)21-2)19-13-9-6-5-7-12(13)18-15(19)10-11-17/h5-7,9,14H,3-4,8,10H2,1-2H3. The normalized spacial score (nSPS) is 12.0. The van der Waals surface area contributed by atoms with Gasteiger partial charge in [-0.2, -0.15) is 5.26 Å². The van der Waals surface area contributed by atoms with Crippen LogP contribution < -0.4 is 0 Å². The molecule has 0 N–H and O–H groups in total. The summed E-state index contributed by atoms with van der Waals surface area (Å²) in [6, 6.07) is 9.31. The lowest BCUT2D eigenvalue weighted by molar-refractivity contribution is -0.144. The maximum Gasteiger partial charge on any atom is 0.328 e. The summed E-state index contributed by atoms with van der Waals surface area (Å²) in [4.78, 5) is 16.6. The number of hydrogen-bond donors (Lipinski definition) is 0. The molecule has 2 aromatic rings. The summed E-state index contributed by atoms with van der Waals surface area (Å²) < 4.78 is 6.81. The van der Waals surface area contributed by atoms with Crippen LogP contribution in [0.1, 0.15) is 38.1 Å². The van der Waals surface area contributed by atoms with Crippen LogP contribution in [0.15, 0.2) is 24.3 Å². The number of nitriles is 1. The fourth-order valence-corrected chi connectivity index (χ4v) is 2.52. The molecule has 21 heavy (non-hydrogen) atoms. The van der Waals surface area contributed by atoms with Crippen LogP contribution in [0.25, 0.3) is 11.0 Å². The molecule has 1 aromatic heterocycles. The van der Waals surface area contributed by atoms with E-state index in [0.29, 0.717) is 12.2 Å². The van der Waals surface area contributed by atoms with Crippen molar-refractivity contribution < 1.29 is 9.53 Å². The van der Waals surface area contributed by atoms with Gasteiger partial charge in [0.15, 0.2) is 0 Å². The number of ether oxygens (including phenoxy) is 1. The molecule has 5 heteroatoms. The Bertz CT molecular complexity index is 670. The Balaban J connectivity index is 2.56. The van der Waals surface area contributed by atoms with Crippen LogP contribution in [0.3, 0.4) is 0 Å². The van der Waals surface area contributed by atoms with E-state index in [4.69, 9.17) is 10.00 Å². The first-order valence-corrected chi connectivity index (χ1v) is 7.13. The third-order valence-electron chi connectivity index (χ3n) is 3.52. The largest absolute Gasteiger partial charge is 0.467 e. The molecule has 0 fully saturated rings. The van der Waals surface area contributed by atoms with Crippen molar-refractivity contribution >= 4 is 17.0 Å². The summed E-state index contributed by atoms with van der Waals surface area (Å²) in [7, 11) is 1.39. The molecule has 110 valence electrons. The minimum Gasteiger partial charge on any atom is -0.467 e. The smallest absolute Gasteiger partial charge is 0.328 e. The molecule has 0 saturated heterocycles. The first-order valence-electron chi connectivity index (χ1n) is 7.13. The zero-order valence-electron chi connectivity index (χ0n) is 12.4.